The molecule has 1 amide bonds. The van der Waals surface area contributed by atoms with E-state index in [1.807, 2.05) is 30.3 Å². The Kier molecular flexibility index (Phi) is 6.75. The second kappa shape index (κ2) is 9.68. The van der Waals surface area contributed by atoms with Crippen molar-refractivity contribution in [3.63, 3.8) is 0 Å². The second-order valence-corrected chi connectivity index (χ2v) is 8.00. The molecule has 1 aromatic heterocycles. The van der Waals surface area contributed by atoms with Gasteiger partial charge in [0, 0.05) is 44.7 Å². The minimum atomic E-state index is -0.173. The van der Waals surface area contributed by atoms with Crippen LogP contribution in [-0.4, -0.2) is 65.7 Å². The number of halogens is 2. The van der Waals surface area contributed by atoms with Gasteiger partial charge in [-0.3, -0.25) is 9.69 Å². The summed E-state index contributed by atoms with van der Waals surface area (Å²) in [5, 5.41) is 8.97. The van der Waals surface area contributed by atoms with Crippen molar-refractivity contribution in [1.29, 1.82) is 0 Å². The Morgan fingerprint density at radius 2 is 1.74 bits per heavy atom. The molecule has 9 heteroatoms. The molecule has 2 heterocycles. The fourth-order valence-electron chi connectivity index (χ4n) is 3.57. The van der Waals surface area contributed by atoms with Crippen molar-refractivity contribution < 1.29 is 13.9 Å². The summed E-state index contributed by atoms with van der Waals surface area (Å²) in [6, 6.07) is 12.9. The lowest BCUT2D eigenvalue weighted by Crippen LogP contribution is -2.49. The molecule has 0 aliphatic carbocycles. The molecule has 3 aromatic rings. The van der Waals surface area contributed by atoms with Gasteiger partial charge in [-0.2, -0.15) is 0 Å². The topological polar surface area (TPSA) is 71.7 Å². The molecule has 0 spiro atoms. The highest BCUT2D eigenvalue weighted by molar-refractivity contribution is 6.37. The summed E-state index contributed by atoms with van der Waals surface area (Å²) >= 11 is 12.4. The molecule has 162 valence electrons. The van der Waals surface area contributed by atoms with Gasteiger partial charge in [-0.1, -0.05) is 41.4 Å². The molecule has 0 N–H and O–H groups in total. The largest absolute Gasteiger partial charge is 0.494 e. The molecule has 0 unspecified atom stereocenters. The van der Waals surface area contributed by atoms with E-state index in [9.17, 15) is 4.79 Å². The minimum Gasteiger partial charge on any atom is -0.494 e. The molecule has 4 rings (SSSR count). The third-order valence-corrected chi connectivity index (χ3v) is 5.88. The van der Waals surface area contributed by atoms with Gasteiger partial charge in [-0.25, -0.2) is 0 Å². The van der Waals surface area contributed by atoms with Gasteiger partial charge < -0.3 is 14.1 Å². The van der Waals surface area contributed by atoms with E-state index in [4.69, 9.17) is 32.4 Å². The number of carbonyl (C=O) groups excluding carboxylic acids is 1. The maximum Gasteiger partial charge on any atom is 0.259 e. The molecule has 1 saturated heterocycles. The quantitative estimate of drug-likeness (QED) is 0.552. The molecule has 1 aliphatic heterocycles. The summed E-state index contributed by atoms with van der Waals surface area (Å²) in [6.07, 6.45) is 0.654. The highest BCUT2D eigenvalue weighted by Gasteiger charge is 2.27. The molecule has 0 radical (unpaired) electrons. The Bertz CT molecular complexity index is 1050. The number of methoxy groups -OCH3 is 1. The Hall–Kier alpha value is -2.61. The van der Waals surface area contributed by atoms with E-state index >= 15 is 0 Å². The molecular formula is C22H22Cl2N4O3. The standard InChI is InChI=1S/C22H22Cl2N4O3/c1-30-20-17(24)8-7-16(23)19(20)22(29)28-13-11-27(12-14-28)10-9-18-25-26-21(31-18)15-5-3-2-4-6-15/h2-8H,9-14H2,1H3. The highest BCUT2D eigenvalue weighted by atomic mass is 35.5. The van der Waals surface area contributed by atoms with Gasteiger partial charge >= 0.3 is 0 Å². The second-order valence-electron chi connectivity index (χ2n) is 7.19. The van der Waals surface area contributed by atoms with Crippen LogP contribution < -0.4 is 4.74 Å². The number of piperazine rings is 1. The van der Waals surface area contributed by atoms with Gasteiger partial charge in [0.05, 0.1) is 17.2 Å². The average Bonchev–Trinajstić information content (AvgIpc) is 3.28. The molecule has 1 fully saturated rings. The van der Waals surface area contributed by atoms with Crippen molar-refractivity contribution in [2.24, 2.45) is 0 Å². The molecule has 31 heavy (non-hydrogen) atoms. The summed E-state index contributed by atoms with van der Waals surface area (Å²) < 4.78 is 11.1. The van der Waals surface area contributed by atoms with Crippen molar-refractivity contribution in [3.8, 4) is 17.2 Å². The van der Waals surface area contributed by atoms with Crippen LogP contribution in [0.3, 0.4) is 0 Å². The SMILES string of the molecule is COc1c(Cl)ccc(Cl)c1C(=O)N1CCN(CCc2nnc(-c3ccccc3)o2)CC1. The third-order valence-electron chi connectivity index (χ3n) is 5.27. The van der Waals surface area contributed by atoms with E-state index in [1.165, 1.54) is 7.11 Å². The molecular weight excluding hydrogens is 439 g/mol. The van der Waals surface area contributed by atoms with E-state index < -0.39 is 0 Å². The maximum atomic E-state index is 13.0. The van der Waals surface area contributed by atoms with Crippen molar-refractivity contribution in [2.45, 2.75) is 6.42 Å². The van der Waals surface area contributed by atoms with Gasteiger partial charge in [0.25, 0.3) is 5.91 Å². The Morgan fingerprint density at radius 1 is 1.03 bits per heavy atom. The number of hydrogen-bond acceptors (Lipinski definition) is 6. The minimum absolute atomic E-state index is 0.173. The number of aromatic nitrogens is 2. The average molecular weight is 461 g/mol. The molecule has 0 bridgehead atoms. The van der Waals surface area contributed by atoms with Crippen LogP contribution in [0.5, 0.6) is 5.75 Å². The van der Waals surface area contributed by atoms with Gasteiger partial charge in [0.15, 0.2) is 5.75 Å². The number of benzene rings is 2. The Balaban J connectivity index is 1.32. The van der Waals surface area contributed by atoms with Crippen LogP contribution in [0, 0.1) is 0 Å². The first-order valence-corrected chi connectivity index (χ1v) is 10.7. The summed E-state index contributed by atoms with van der Waals surface area (Å²) in [5.74, 6) is 1.27. The van der Waals surface area contributed by atoms with Crippen LogP contribution >= 0.6 is 23.2 Å². The van der Waals surface area contributed by atoms with E-state index in [0.29, 0.717) is 52.7 Å². The van der Waals surface area contributed by atoms with E-state index in [2.05, 4.69) is 15.1 Å². The highest BCUT2D eigenvalue weighted by Crippen LogP contribution is 2.34. The Labute approximate surface area is 190 Å². The normalized spacial score (nSPS) is 14.6. The molecule has 1 aliphatic rings. The van der Waals surface area contributed by atoms with Crippen LogP contribution in [0.1, 0.15) is 16.2 Å². The van der Waals surface area contributed by atoms with E-state index in [1.54, 1.807) is 17.0 Å². The lowest BCUT2D eigenvalue weighted by molar-refractivity contribution is 0.0633. The van der Waals surface area contributed by atoms with Crippen molar-refractivity contribution in [3.05, 3.63) is 64.0 Å². The van der Waals surface area contributed by atoms with Crippen molar-refractivity contribution >= 4 is 29.1 Å². The lowest BCUT2D eigenvalue weighted by atomic mass is 10.1. The number of ether oxygens (including phenoxy) is 1. The maximum absolute atomic E-state index is 13.0. The number of amides is 1. The molecule has 0 saturated carbocycles. The van der Waals surface area contributed by atoms with Crippen LogP contribution in [0.25, 0.3) is 11.5 Å². The van der Waals surface area contributed by atoms with Crippen molar-refractivity contribution in [1.82, 2.24) is 20.0 Å². The fraction of sp³-hybridized carbons (Fsp3) is 0.318. The molecule has 7 nitrogen and oxygen atoms in total. The number of nitrogens with zero attached hydrogens (tertiary/aromatic N) is 4. The zero-order valence-electron chi connectivity index (χ0n) is 17.1. The smallest absolute Gasteiger partial charge is 0.259 e. The summed E-state index contributed by atoms with van der Waals surface area (Å²) in [7, 11) is 1.48. The lowest BCUT2D eigenvalue weighted by Gasteiger charge is -2.34. The first-order chi connectivity index (χ1) is 15.1. The summed E-state index contributed by atoms with van der Waals surface area (Å²) in [4.78, 5) is 17.1. The van der Waals surface area contributed by atoms with E-state index in [0.717, 1.165) is 25.2 Å². The van der Waals surface area contributed by atoms with Crippen molar-refractivity contribution in [2.75, 3.05) is 39.8 Å². The number of carbonyl (C=O) groups is 1. The van der Waals surface area contributed by atoms with E-state index in [-0.39, 0.29) is 5.91 Å². The number of rotatable bonds is 6. The fourth-order valence-corrected chi connectivity index (χ4v) is 4.03. The first kappa shape index (κ1) is 21.6. The van der Waals surface area contributed by atoms with Gasteiger partial charge in [-0.05, 0) is 24.3 Å². The third kappa shape index (κ3) is 4.84. The van der Waals surface area contributed by atoms with Gasteiger partial charge in [0.1, 0.15) is 5.56 Å². The zero-order chi connectivity index (χ0) is 21.8. The van der Waals surface area contributed by atoms with Crippen LogP contribution in [0.2, 0.25) is 10.0 Å². The van der Waals surface area contributed by atoms with Crippen LogP contribution in [0.4, 0.5) is 0 Å². The monoisotopic (exact) mass is 460 g/mol. The molecule has 2 aromatic carbocycles. The number of hydrogen-bond donors (Lipinski definition) is 0. The van der Waals surface area contributed by atoms with Gasteiger partial charge in [-0.15, -0.1) is 10.2 Å². The molecule has 0 atom stereocenters. The first-order valence-electron chi connectivity index (χ1n) is 9.98. The van der Waals surface area contributed by atoms with Gasteiger partial charge in [0.2, 0.25) is 11.8 Å². The summed E-state index contributed by atoms with van der Waals surface area (Å²) in [6.45, 7) is 3.44. The Morgan fingerprint density at radius 3 is 2.45 bits per heavy atom. The predicted octanol–water partition coefficient (Wildman–Crippen LogP) is 4.05. The van der Waals surface area contributed by atoms with Crippen LogP contribution in [0.15, 0.2) is 46.9 Å². The van der Waals surface area contributed by atoms with Crippen LogP contribution in [-0.2, 0) is 6.42 Å². The zero-order valence-corrected chi connectivity index (χ0v) is 18.6. The summed E-state index contributed by atoms with van der Waals surface area (Å²) in [5.41, 5.74) is 1.22. The predicted molar refractivity (Wildman–Crippen MR) is 119 cm³/mol.